The highest BCUT2D eigenvalue weighted by molar-refractivity contribution is 5.75. The molecule has 0 rings (SSSR count). The lowest BCUT2D eigenvalue weighted by Gasteiger charge is -2.23. The minimum atomic E-state index is 0.0278. The summed E-state index contributed by atoms with van der Waals surface area (Å²) in [6.07, 6.45) is 0.314. The highest BCUT2D eigenvalue weighted by atomic mass is 16.2. The number of hydrogen-bond donors (Lipinski definition) is 0. The SMILES string of the molecule is [CH2]CC(=O)N(C)N(C)C. The van der Waals surface area contributed by atoms with Crippen molar-refractivity contribution in [2.45, 2.75) is 6.42 Å². The van der Waals surface area contributed by atoms with Crippen molar-refractivity contribution in [2.75, 3.05) is 21.1 Å². The van der Waals surface area contributed by atoms with Gasteiger partial charge in [-0.15, -0.1) is 0 Å². The molecule has 0 aromatic rings. The van der Waals surface area contributed by atoms with Crippen LogP contribution in [0.5, 0.6) is 0 Å². The smallest absolute Gasteiger partial charge is 0.236 e. The molecule has 0 aliphatic heterocycles. The van der Waals surface area contributed by atoms with Crippen molar-refractivity contribution in [3.05, 3.63) is 6.92 Å². The molecule has 1 radical (unpaired) electrons. The van der Waals surface area contributed by atoms with Gasteiger partial charge in [-0.3, -0.25) is 9.80 Å². The minimum Gasteiger partial charge on any atom is -0.279 e. The first-order valence-corrected chi connectivity index (χ1v) is 2.82. The van der Waals surface area contributed by atoms with Gasteiger partial charge in [0, 0.05) is 27.6 Å². The molecule has 0 aromatic heterocycles. The van der Waals surface area contributed by atoms with E-state index >= 15 is 0 Å². The second-order valence-electron chi connectivity index (χ2n) is 2.01. The van der Waals surface area contributed by atoms with Crippen LogP contribution in [0.15, 0.2) is 0 Å². The molecule has 0 atom stereocenters. The van der Waals surface area contributed by atoms with Crippen molar-refractivity contribution in [3.8, 4) is 0 Å². The molecular weight excluding hydrogens is 116 g/mol. The molecule has 0 N–H and O–H groups in total. The average molecular weight is 129 g/mol. The Hall–Kier alpha value is -0.570. The van der Waals surface area contributed by atoms with Crippen LogP contribution < -0.4 is 0 Å². The van der Waals surface area contributed by atoms with Crippen LogP contribution in [0.4, 0.5) is 0 Å². The first-order valence-electron chi connectivity index (χ1n) is 2.82. The summed E-state index contributed by atoms with van der Waals surface area (Å²) in [5, 5.41) is 3.24. The van der Waals surface area contributed by atoms with Crippen molar-refractivity contribution in [2.24, 2.45) is 0 Å². The largest absolute Gasteiger partial charge is 0.279 e. The van der Waals surface area contributed by atoms with Gasteiger partial charge in [0.25, 0.3) is 0 Å². The van der Waals surface area contributed by atoms with Gasteiger partial charge >= 0.3 is 0 Å². The molecular formula is C6H13N2O. The summed E-state index contributed by atoms with van der Waals surface area (Å²) >= 11 is 0. The number of rotatable bonds is 2. The summed E-state index contributed by atoms with van der Waals surface area (Å²) in [7, 11) is 5.34. The van der Waals surface area contributed by atoms with Gasteiger partial charge in [-0.1, -0.05) is 0 Å². The van der Waals surface area contributed by atoms with E-state index in [2.05, 4.69) is 6.92 Å². The van der Waals surface area contributed by atoms with E-state index in [1.54, 1.807) is 12.1 Å². The van der Waals surface area contributed by atoms with E-state index in [0.29, 0.717) is 6.42 Å². The molecule has 0 spiro atoms. The maximum Gasteiger partial charge on any atom is 0.236 e. The molecule has 53 valence electrons. The third kappa shape index (κ3) is 2.46. The fourth-order valence-corrected chi connectivity index (χ4v) is 0.385. The number of nitrogens with zero attached hydrogens (tertiary/aromatic N) is 2. The Labute approximate surface area is 56.2 Å². The molecule has 9 heavy (non-hydrogen) atoms. The van der Waals surface area contributed by atoms with E-state index in [9.17, 15) is 4.79 Å². The molecule has 0 aromatic carbocycles. The van der Waals surface area contributed by atoms with Gasteiger partial charge in [0.2, 0.25) is 5.91 Å². The maximum absolute atomic E-state index is 10.8. The minimum absolute atomic E-state index is 0.0278. The second-order valence-corrected chi connectivity index (χ2v) is 2.01. The fourth-order valence-electron chi connectivity index (χ4n) is 0.385. The van der Waals surface area contributed by atoms with E-state index in [1.165, 1.54) is 5.01 Å². The number of hydrazine groups is 1. The highest BCUT2D eigenvalue weighted by Gasteiger charge is 2.05. The highest BCUT2D eigenvalue weighted by Crippen LogP contribution is 1.89. The predicted molar refractivity (Wildman–Crippen MR) is 36.4 cm³/mol. The van der Waals surface area contributed by atoms with Crippen molar-refractivity contribution >= 4 is 5.91 Å². The van der Waals surface area contributed by atoms with Gasteiger partial charge in [-0.2, -0.15) is 0 Å². The molecule has 0 bridgehead atoms. The maximum atomic E-state index is 10.8. The molecule has 0 fully saturated rings. The monoisotopic (exact) mass is 129 g/mol. The van der Waals surface area contributed by atoms with Crippen LogP contribution in [-0.4, -0.2) is 37.1 Å². The Kier molecular flexibility index (Phi) is 3.24. The fraction of sp³-hybridized carbons (Fsp3) is 0.667. The molecule has 3 heteroatoms. The molecule has 0 saturated carbocycles. The van der Waals surface area contributed by atoms with Gasteiger partial charge < -0.3 is 0 Å². The summed E-state index contributed by atoms with van der Waals surface area (Å²) < 4.78 is 0. The lowest BCUT2D eigenvalue weighted by atomic mass is 10.4. The van der Waals surface area contributed by atoms with E-state index in [-0.39, 0.29) is 5.91 Å². The molecule has 1 amide bonds. The molecule has 0 aliphatic rings. The second kappa shape index (κ2) is 3.45. The first-order chi connectivity index (χ1) is 4.09. The van der Waals surface area contributed by atoms with E-state index in [1.807, 2.05) is 14.1 Å². The zero-order chi connectivity index (χ0) is 7.44. The Morgan fingerprint density at radius 3 is 2.00 bits per heavy atom. The Balaban J connectivity index is 3.72. The number of carbonyl (C=O) groups is 1. The molecule has 0 saturated heterocycles. The van der Waals surface area contributed by atoms with Crippen molar-refractivity contribution in [1.29, 1.82) is 0 Å². The summed E-state index contributed by atoms with van der Waals surface area (Å²) in [6.45, 7) is 3.47. The van der Waals surface area contributed by atoms with Gasteiger partial charge in [-0.25, -0.2) is 5.01 Å². The van der Waals surface area contributed by atoms with Crippen molar-refractivity contribution < 1.29 is 4.79 Å². The molecule has 3 nitrogen and oxygen atoms in total. The van der Waals surface area contributed by atoms with Crippen molar-refractivity contribution in [1.82, 2.24) is 10.0 Å². The Bertz CT molecular complexity index is 101. The third-order valence-corrected chi connectivity index (χ3v) is 1.17. The normalized spacial score (nSPS) is 9.89. The number of hydrogen-bond acceptors (Lipinski definition) is 2. The zero-order valence-corrected chi connectivity index (χ0v) is 6.22. The lowest BCUT2D eigenvalue weighted by Crippen LogP contribution is -2.37. The summed E-state index contributed by atoms with van der Waals surface area (Å²) in [6, 6.07) is 0. The quantitative estimate of drug-likeness (QED) is 0.495. The van der Waals surface area contributed by atoms with Gasteiger partial charge in [0.15, 0.2) is 0 Å². The average Bonchev–Trinajstić information content (AvgIpc) is 1.84. The lowest BCUT2D eigenvalue weighted by molar-refractivity contribution is -0.140. The Morgan fingerprint density at radius 1 is 1.44 bits per heavy atom. The van der Waals surface area contributed by atoms with Crippen LogP contribution in [-0.2, 0) is 4.79 Å². The van der Waals surface area contributed by atoms with Gasteiger partial charge in [0.1, 0.15) is 0 Å². The van der Waals surface area contributed by atoms with Crippen LogP contribution in [0.25, 0.3) is 0 Å². The van der Waals surface area contributed by atoms with Crippen LogP contribution >= 0.6 is 0 Å². The third-order valence-electron chi connectivity index (χ3n) is 1.17. The van der Waals surface area contributed by atoms with Crippen LogP contribution in [0, 0.1) is 6.92 Å². The molecule has 0 heterocycles. The van der Waals surface area contributed by atoms with E-state index in [0.717, 1.165) is 0 Å². The standard InChI is InChI=1S/C6H13N2O/c1-5-6(9)8(4)7(2)3/h1,5H2,2-4H3. The van der Waals surface area contributed by atoms with Gasteiger partial charge in [-0.05, 0) is 6.92 Å². The zero-order valence-electron chi connectivity index (χ0n) is 6.22. The topological polar surface area (TPSA) is 23.6 Å². The Morgan fingerprint density at radius 2 is 1.89 bits per heavy atom. The molecule has 0 unspecified atom stereocenters. The first kappa shape index (κ1) is 8.43. The van der Waals surface area contributed by atoms with Crippen LogP contribution in [0.2, 0.25) is 0 Å². The van der Waals surface area contributed by atoms with Crippen LogP contribution in [0.1, 0.15) is 6.42 Å². The van der Waals surface area contributed by atoms with E-state index in [4.69, 9.17) is 0 Å². The summed E-state index contributed by atoms with van der Waals surface area (Å²) in [5.74, 6) is 0.0278. The number of amides is 1. The predicted octanol–water partition coefficient (Wildman–Crippen LogP) is 0.146. The summed E-state index contributed by atoms with van der Waals surface area (Å²) in [4.78, 5) is 10.8. The van der Waals surface area contributed by atoms with Gasteiger partial charge in [0.05, 0.1) is 0 Å². The number of carbonyl (C=O) groups excluding carboxylic acids is 1. The molecule has 0 aliphatic carbocycles. The van der Waals surface area contributed by atoms with Crippen LogP contribution in [0.3, 0.4) is 0 Å². The summed E-state index contributed by atoms with van der Waals surface area (Å²) in [5.41, 5.74) is 0. The van der Waals surface area contributed by atoms with Crippen molar-refractivity contribution in [3.63, 3.8) is 0 Å². The van der Waals surface area contributed by atoms with E-state index < -0.39 is 0 Å².